The molecule has 0 radical (unpaired) electrons. The van der Waals surface area contributed by atoms with Gasteiger partial charge >= 0.3 is 5.97 Å². The van der Waals surface area contributed by atoms with E-state index in [0.29, 0.717) is 5.69 Å². The maximum atomic E-state index is 12.7. The molecule has 0 saturated heterocycles. The van der Waals surface area contributed by atoms with Gasteiger partial charge in [-0.1, -0.05) is 0 Å². The Morgan fingerprint density at radius 3 is 2.87 bits per heavy atom. The number of aryl methyl sites for hydroxylation is 1. The van der Waals surface area contributed by atoms with Crippen molar-refractivity contribution in [2.45, 2.75) is 32.2 Å². The second kappa shape index (κ2) is 4.37. The van der Waals surface area contributed by atoms with E-state index in [1.54, 1.807) is 0 Å². The maximum absolute atomic E-state index is 12.7. The zero-order valence-corrected chi connectivity index (χ0v) is 8.28. The zero-order valence-electron chi connectivity index (χ0n) is 8.28. The van der Waals surface area contributed by atoms with Crippen LogP contribution in [0.2, 0.25) is 0 Å². The lowest BCUT2D eigenvalue weighted by Gasteiger charge is -2.13. The lowest BCUT2D eigenvalue weighted by atomic mass is 10.2. The second-order valence-electron chi connectivity index (χ2n) is 3.48. The molecule has 0 aromatic carbocycles. The van der Waals surface area contributed by atoms with Gasteiger partial charge in [-0.15, -0.1) is 0 Å². The van der Waals surface area contributed by atoms with Gasteiger partial charge in [-0.3, -0.25) is 4.79 Å². The Bertz CT molecular complexity index is 344. The van der Waals surface area contributed by atoms with Gasteiger partial charge in [-0.2, -0.15) is 0 Å². The van der Waals surface area contributed by atoms with Gasteiger partial charge in [-0.25, -0.2) is 13.8 Å². The third kappa shape index (κ3) is 4.05. The van der Waals surface area contributed by atoms with Crippen molar-refractivity contribution in [1.29, 1.82) is 0 Å². The summed E-state index contributed by atoms with van der Waals surface area (Å²) < 4.78 is 26.7. The predicted molar refractivity (Wildman–Crippen MR) is 48.8 cm³/mol. The van der Waals surface area contributed by atoms with Crippen molar-refractivity contribution in [3.8, 4) is 0 Å². The molecule has 1 N–H and O–H groups in total. The van der Waals surface area contributed by atoms with E-state index in [9.17, 15) is 13.6 Å². The molecule has 0 atom stereocenters. The molecule has 1 rings (SSSR count). The van der Waals surface area contributed by atoms with Gasteiger partial charge in [0.15, 0.2) is 0 Å². The average molecular weight is 218 g/mol. The molecule has 0 amide bonds. The molecule has 1 aromatic rings. The van der Waals surface area contributed by atoms with Crippen molar-refractivity contribution in [1.82, 2.24) is 9.55 Å². The molecule has 0 saturated carbocycles. The first kappa shape index (κ1) is 11.6. The normalized spacial score (nSPS) is 11.7. The van der Waals surface area contributed by atoms with E-state index in [2.05, 4.69) is 4.98 Å². The highest BCUT2D eigenvalue weighted by Crippen LogP contribution is 2.16. The standard InChI is InChI=1S/C9H12F2N2O2/c1-9(10,11)5-13-6-12-4-7(13)2-3-8(14)15/h4,6H,2-3,5H2,1H3,(H,14,15). The van der Waals surface area contributed by atoms with E-state index in [1.165, 1.54) is 17.1 Å². The molecule has 15 heavy (non-hydrogen) atoms. The summed E-state index contributed by atoms with van der Waals surface area (Å²) in [4.78, 5) is 14.0. The Morgan fingerprint density at radius 1 is 1.67 bits per heavy atom. The average Bonchev–Trinajstić information content (AvgIpc) is 2.45. The number of hydrogen-bond donors (Lipinski definition) is 1. The first-order valence-electron chi connectivity index (χ1n) is 4.47. The van der Waals surface area contributed by atoms with Crippen LogP contribution in [-0.2, 0) is 17.8 Å². The minimum Gasteiger partial charge on any atom is -0.481 e. The van der Waals surface area contributed by atoms with Crippen molar-refractivity contribution >= 4 is 5.97 Å². The van der Waals surface area contributed by atoms with Crippen LogP contribution in [0.4, 0.5) is 8.78 Å². The smallest absolute Gasteiger partial charge is 0.303 e. The van der Waals surface area contributed by atoms with Gasteiger partial charge in [0, 0.05) is 18.8 Å². The molecular weight excluding hydrogens is 206 g/mol. The fraction of sp³-hybridized carbons (Fsp3) is 0.556. The molecule has 4 nitrogen and oxygen atoms in total. The van der Waals surface area contributed by atoms with E-state index in [1.807, 2.05) is 0 Å². The summed E-state index contributed by atoms with van der Waals surface area (Å²) in [6, 6.07) is 0. The summed E-state index contributed by atoms with van der Waals surface area (Å²) in [6.07, 6.45) is 2.83. The molecule has 0 aliphatic carbocycles. The number of alkyl halides is 2. The van der Waals surface area contributed by atoms with E-state index < -0.39 is 18.4 Å². The van der Waals surface area contributed by atoms with Crippen molar-refractivity contribution in [2.24, 2.45) is 0 Å². The van der Waals surface area contributed by atoms with Crippen LogP contribution in [0.1, 0.15) is 19.0 Å². The summed E-state index contributed by atoms with van der Waals surface area (Å²) in [5.41, 5.74) is 0.513. The first-order chi connectivity index (χ1) is 6.88. The molecule has 0 unspecified atom stereocenters. The molecule has 0 aliphatic rings. The van der Waals surface area contributed by atoms with Gasteiger partial charge in [0.25, 0.3) is 5.92 Å². The lowest BCUT2D eigenvalue weighted by molar-refractivity contribution is -0.136. The van der Waals surface area contributed by atoms with Crippen LogP contribution in [0.5, 0.6) is 0 Å². The Kier molecular flexibility index (Phi) is 3.39. The van der Waals surface area contributed by atoms with Crippen LogP contribution >= 0.6 is 0 Å². The number of carbonyl (C=O) groups is 1. The summed E-state index contributed by atoms with van der Waals surface area (Å²) in [5.74, 6) is -3.77. The van der Waals surface area contributed by atoms with E-state index in [4.69, 9.17) is 5.11 Å². The topological polar surface area (TPSA) is 55.1 Å². The van der Waals surface area contributed by atoms with Crippen molar-refractivity contribution in [3.63, 3.8) is 0 Å². The molecular formula is C9H12F2N2O2. The van der Waals surface area contributed by atoms with Crippen molar-refractivity contribution in [2.75, 3.05) is 0 Å². The summed E-state index contributed by atoms with van der Waals surface area (Å²) in [5, 5.41) is 8.46. The first-order valence-corrected chi connectivity index (χ1v) is 4.47. The van der Waals surface area contributed by atoms with Gasteiger partial charge in [0.1, 0.15) is 0 Å². The van der Waals surface area contributed by atoms with Crippen LogP contribution in [0.25, 0.3) is 0 Å². The van der Waals surface area contributed by atoms with Crippen LogP contribution in [0.15, 0.2) is 12.5 Å². The lowest BCUT2D eigenvalue weighted by Crippen LogP contribution is -2.20. The Balaban J connectivity index is 2.65. The molecule has 1 aromatic heterocycles. The number of aromatic nitrogens is 2. The fourth-order valence-electron chi connectivity index (χ4n) is 1.23. The third-order valence-corrected chi connectivity index (χ3v) is 1.84. The van der Waals surface area contributed by atoms with E-state index in [0.717, 1.165) is 6.92 Å². The molecule has 0 bridgehead atoms. The highest BCUT2D eigenvalue weighted by molar-refractivity contribution is 5.66. The largest absolute Gasteiger partial charge is 0.481 e. The summed E-state index contributed by atoms with van der Waals surface area (Å²) in [7, 11) is 0. The Hall–Kier alpha value is -1.46. The van der Waals surface area contributed by atoms with Gasteiger partial charge in [0.2, 0.25) is 0 Å². The van der Waals surface area contributed by atoms with Crippen molar-refractivity contribution < 1.29 is 18.7 Å². The monoisotopic (exact) mass is 218 g/mol. The molecule has 84 valence electrons. The summed E-state index contributed by atoms with van der Waals surface area (Å²) >= 11 is 0. The van der Waals surface area contributed by atoms with Crippen LogP contribution in [0.3, 0.4) is 0 Å². The Morgan fingerprint density at radius 2 is 2.33 bits per heavy atom. The number of halogens is 2. The number of hydrogen-bond acceptors (Lipinski definition) is 2. The van der Waals surface area contributed by atoms with Crippen LogP contribution in [0, 0.1) is 0 Å². The maximum Gasteiger partial charge on any atom is 0.303 e. The third-order valence-electron chi connectivity index (χ3n) is 1.84. The zero-order chi connectivity index (χ0) is 11.5. The van der Waals surface area contributed by atoms with Crippen LogP contribution < -0.4 is 0 Å². The molecule has 0 spiro atoms. The van der Waals surface area contributed by atoms with Crippen LogP contribution in [-0.4, -0.2) is 26.5 Å². The quantitative estimate of drug-likeness (QED) is 0.815. The minimum absolute atomic E-state index is 0.0824. The predicted octanol–water partition coefficient (Wildman–Crippen LogP) is 1.56. The van der Waals surface area contributed by atoms with Gasteiger partial charge < -0.3 is 9.67 Å². The molecule has 0 aliphatic heterocycles. The van der Waals surface area contributed by atoms with Gasteiger partial charge in [0.05, 0.1) is 19.3 Å². The highest BCUT2D eigenvalue weighted by Gasteiger charge is 2.22. The number of carboxylic acids is 1. The molecule has 6 heteroatoms. The number of imidazole rings is 1. The number of nitrogens with zero attached hydrogens (tertiary/aromatic N) is 2. The molecule has 0 fully saturated rings. The molecule has 1 heterocycles. The second-order valence-corrected chi connectivity index (χ2v) is 3.48. The van der Waals surface area contributed by atoms with Crippen molar-refractivity contribution in [3.05, 3.63) is 18.2 Å². The van der Waals surface area contributed by atoms with E-state index in [-0.39, 0.29) is 12.8 Å². The SMILES string of the molecule is CC(F)(F)Cn1cncc1CCC(=O)O. The number of aliphatic carboxylic acids is 1. The number of rotatable bonds is 5. The highest BCUT2D eigenvalue weighted by atomic mass is 19.3. The number of carboxylic acid groups (broad SMARTS) is 1. The van der Waals surface area contributed by atoms with E-state index >= 15 is 0 Å². The minimum atomic E-state index is -2.82. The van der Waals surface area contributed by atoms with Gasteiger partial charge in [-0.05, 0) is 6.42 Å². The summed E-state index contributed by atoms with van der Waals surface area (Å²) in [6.45, 7) is 0.343. The Labute approximate surface area is 85.5 Å². The fourth-order valence-corrected chi connectivity index (χ4v) is 1.23.